The molecule has 0 atom stereocenters. The number of hydrogen-bond donors (Lipinski definition) is 0. The Morgan fingerprint density at radius 1 is 0.706 bits per heavy atom. The Kier molecular flexibility index (Phi) is 4.41. The molecule has 0 N–H and O–H groups in total. The largest absolute Gasteiger partial charge is 0.501 e. The lowest BCUT2D eigenvalue weighted by Gasteiger charge is -1.98. The number of benzene rings is 2. The Bertz CT molecular complexity index is 402. The van der Waals surface area contributed by atoms with Crippen molar-refractivity contribution in [2.75, 3.05) is 6.61 Å². The zero-order valence-corrected chi connectivity index (χ0v) is 9.75. The number of hydrogen-bond acceptors (Lipinski definition) is 1. The summed E-state index contributed by atoms with van der Waals surface area (Å²) in [6.45, 7) is 0.889. The molecule has 2 aromatic rings. The fraction of sp³-hybridized carbons (Fsp3) is 0.125. The van der Waals surface area contributed by atoms with E-state index in [-0.39, 0.29) is 0 Å². The Hall–Kier alpha value is -2.02. The second-order valence-electron chi connectivity index (χ2n) is 3.76. The SMILES string of the molecule is C1=COCC1.c1ccc(-c2ccccc2)cc1. The molecule has 0 saturated heterocycles. The van der Waals surface area contributed by atoms with Gasteiger partial charge in [0.05, 0.1) is 12.9 Å². The fourth-order valence-electron chi connectivity index (χ4n) is 1.60. The van der Waals surface area contributed by atoms with E-state index in [0.29, 0.717) is 0 Å². The van der Waals surface area contributed by atoms with Crippen molar-refractivity contribution in [3.8, 4) is 11.1 Å². The molecular formula is C16H16O. The predicted molar refractivity (Wildman–Crippen MR) is 71.6 cm³/mol. The summed E-state index contributed by atoms with van der Waals surface area (Å²) in [5.74, 6) is 0. The number of rotatable bonds is 1. The van der Waals surface area contributed by atoms with Crippen molar-refractivity contribution in [2.45, 2.75) is 6.42 Å². The molecule has 1 nitrogen and oxygen atoms in total. The zero-order valence-electron chi connectivity index (χ0n) is 9.75. The lowest BCUT2D eigenvalue weighted by molar-refractivity contribution is 0.281. The summed E-state index contributed by atoms with van der Waals surface area (Å²) in [5, 5.41) is 0. The minimum Gasteiger partial charge on any atom is -0.501 e. The van der Waals surface area contributed by atoms with E-state index in [9.17, 15) is 0 Å². The van der Waals surface area contributed by atoms with Crippen molar-refractivity contribution in [3.05, 3.63) is 73.0 Å². The van der Waals surface area contributed by atoms with Crippen molar-refractivity contribution in [3.63, 3.8) is 0 Å². The van der Waals surface area contributed by atoms with Gasteiger partial charge in [0.15, 0.2) is 0 Å². The van der Waals surface area contributed by atoms with Crippen LogP contribution < -0.4 is 0 Å². The Morgan fingerprint density at radius 2 is 1.24 bits per heavy atom. The third kappa shape index (κ3) is 3.80. The lowest BCUT2D eigenvalue weighted by Crippen LogP contribution is -1.73. The van der Waals surface area contributed by atoms with E-state index < -0.39 is 0 Å². The molecule has 0 saturated carbocycles. The Labute approximate surface area is 102 Å². The quantitative estimate of drug-likeness (QED) is 0.702. The van der Waals surface area contributed by atoms with Crippen molar-refractivity contribution in [2.24, 2.45) is 0 Å². The molecule has 0 unspecified atom stereocenters. The van der Waals surface area contributed by atoms with E-state index in [1.807, 2.05) is 18.2 Å². The highest BCUT2D eigenvalue weighted by atomic mass is 16.5. The van der Waals surface area contributed by atoms with E-state index in [1.165, 1.54) is 11.1 Å². The fourth-order valence-corrected chi connectivity index (χ4v) is 1.60. The molecule has 0 radical (unpaired) electrons. The van der Waals surface area contributed by atoms with Crippen LogP contribution in [-0.4, -0.2) is 6.61 Å². The van der Waals surface area contributed by atoms with Gasteiger partial charge in [0.25, 0.3) is 0 Å². The van der Waals surface area contributed by atoms with Crippen LogP contribution in [0.5, 0.6) is 0 Å². The minimum atomic E-state index is 0.889. The molecular weight excluding hydrogens is 208 g/mol. The molecule has 0 bridgehead atoms. The smallest absolute Gasteiger partial charge is 0.0908 e. The second kappa shape index (κ2) is 6.54. The highest BCUT2D eigenvalue weighted by Crippen LogP contribution is 2.17. The van der Waals surface area contributed by atoms with Crippen LogP contribution in [-0.2, 0) is 4.74 Å². The summed E-state index contributed by atoms with van der Waals surface area (Å²) in [5.41, 5.74) is 2.55. The molecule has 2 aromatic carbocycles. The molecule has 1 aliphatic heterocycles. The summed E-state index contributed by atoms with van der Waals surface area (Å²) in [4.78, 5) is 0. The molecule has 1 heterocycles. The van der Waals surface area contributed by atoms with Crippen LogP contribution in [0.25, 0.3) is 11.1 Å². The summed E-state index contributed by atoms with van der Waals surface area (Å²) in [6, 6.07) is 20.8. The maximum atomic E-state index is 4.76. The van der Waals surface area contributed by atoms with Gasteiger partial charge in [0.1, 0.15) is 0 Å². The first kappa shape index (κ1) is 11.5. The zero-order chi connectivity index (χ0) is 11.8. The van der Waals surface area contributed by atoms with Crippen molar-refractivity contribution >= 4 is 0 Å². The topological polar surface area (TPSA) is 9.23 Å². The van der Waals surface area contributed by atoms with Gasteiger partial charge in [0, 0.05) is 6.42 Å². The van der Waals surface area contributed by atoms with Crippen LogP contribution in [0, 0.1) is 0 Å². The van der Waals surface area contributed by atoms with Crippen molar-refractivity contribution in [1.29, 1.82) is 0 Å². The Balaban J connectivity index is 0.000000181. The van der Waals surface area contributed by atoms with E-state index in [2.05, 4.69) is 48.5 Å². The van der Waals surface area contributed by atoms with Gasteiger partial charge in [-0.05, 0) is 17.2 Å². The van der Waals surface area contributed by atoms with E-state index >= 15 is 0 Å². The molecule has 0 aromatic heterocycles. The molecule has 86 valence electrons. The average molecular weight is 224 g/mol. The monoisotopic (exact) mass is 224 g/mol. The second-order valence-corrected chi connectivity index (χ2v) is 3.76. The van der Waals surface area contributed by atoms with Gasteiger partial charge < -0.3 is 4.74 Å². The summed E-state index contributed by atoms with van der Waals surface area (Å²) in [7, 11) is 0. The van der Waals surface area contributed by atoms with E-state index in [4.69, 9.17) is 4.74 Å². The van der Waals surface area contributed by atoms with Crippen molar-refractivity contribution < 1.29 is 4.74 Å². The van der Waals surface area contributed by atoms with Crippen LogP contribution in [0.4, 0.5) is 0 Å². The first-order valence-corrected chi connectivity index (χ1v) is 5.84. The first-order chi connectivity index (χ1) is 8.47. The van der Waals surface area contributed by atoms with Crippen LogP contribution in [0.3, 0.4) is 0 Å². The molecule has 1 aliphatic rings. The maximum absolute atomic E-state index is 4.76. The summed E-state index contributed by atoms with van der Waals surface area (Å²) >= 11 is 0. The van der Waals surface area contributed by atoms with Gasteiger partial charge in [-0.15, -0.1) is 0 Å². The van der Waals surface area contributed by atoms with E-state index in [1.54, 1.807) is 6.26 Å². The normalized spacial score (nSPS) is 12.5. The average Bonchev–Trinajstić information content (AvgIpc) is 3.00. The van der Waals surface area contributed by atoms with Gasteiger partial charge in [-0.2, -0.15) is 0 Å². The molecule has 3 rings (SSSR count). The molecule has 17 heavy (non-hydrogen) atoms. The highest BCUT2D eigenvalue weighted by Gasteiger charge is 1.91. The van der Waals surface area contributed by atoms with Crippen molar-refractivity contribution in [1.82, 2.24) is 0 Å². The van der Waals surface area contributed by atoms with Crippen LogP contribution >= 0.6 is 0 Å². The Morgan fingerprint density at radius 3 is 1.53 bits per heavy atom. The van der Waals surface area contributed by atoms with Gasteiger partial charge in [-0.25, -0.2) is 0 Å². The predicted octanol–water partition coefficient (Wildman–Crippen LogP) is 4.27. The van der Waals surface area contributed by atoms with Crippen LogP contribution in [0.15, 0.2) is 73.0 Å². The van der Waals surface area contributed by atoms with Crippen LogP contribution in [0.2, 0.25) is 0 Å². The molecule has 1 heteroatoms. The van der Waals surface area contributed by atoms with Gasteiger partial charge in [-0.3, -0.25) is 0 Å². The van der Waals surface area contributed by atoms with Gasteiger partial charge in [0.2, 0.25) is 0 Å². The van der Waals surface area contributed by atoms with Gasteiger partial charge >= 0.3 is 0 Å². The maximum Gasteiger partial charge on any atom is 0.0908 e. The minimum absolute atomic E-state index is 0.889. The molecule has 0 amide bonds. The van der Waals surface area contributed by atoms with Gasteiger partial charge in [-0.1, -0.05) is 60.7 Å². The summed E-state index contributed by atoms with van der Waals surface area (Å²) < 4.78 is 4.76. The van der Waals surface area contributed by atoms with E-state index in [0.717, 1.165) is 13.0 Å². The molecule has 0 aliphatic carbocycles. The number of ether oxygens (including phenoxy) is 1. The third-order valence-electron chi connectivity index (χ3n) is 2.48. The highest BCUT2D eigenvalue weighted by molar-refractivity contribution is 5.62. The summed E-state index contributed by atoms with van der Waals surface area (Å²) in [6.07, 6.45) is 4.85. The molecule has 0 spiro atoms. The molecule has 0 fully saturated rings. The standard InChI is InChI=1S/C12H10.C4H6O/c1-3-7-11(8-4-1)12-9-5-2-6-10-12;1-2-4-5-3-1/h1-10H;1,3H,2,4H2. The third-order valence-corrected chi connectivity index (χ3v) is 2.48. The van der Waals surface area contributed by atoms with Crippen LogP contribution in [0.1, 0.15) is 6.42 Å². The first-order valence-electron chi connectivity index (χ1n) is 5.84. The lowest BCUT2D eigenvalue weighted by atomic mass is 10.1.